The highest BCUT2D eigenvalue weighted by molar-refractivity contribution is 5.96. The molecule has 0 aliphatic carbocycles. The molecule has 6 rings (SSSR count). The van der Waals surface area contributed by atoms with Crippen molar-refractivity contribution >= 4 is 33.3 Å². The van der Waals surface area contributed by atoms with Crippen LogP contribution < -0.4 is 4.90 Å². The Morgan fingerprint density at radius 1 is 1.05 bits per heavy atom. The number of imidazole rings is 1. The summed E-state index contributed by atoms with van der Waals surface area (Å²) in [6.07, 6.45) is 13.2. The number of rotatable bonds is 9. The van der Waals surface area contributed by atoms with Gasteiger partial charge in [0.15, 0.2) is 11.5 Å². The molecular formula is C34H46N8. The fraction of sp³-hybridized carbons (Fsp3) is 0.441. The fourth-order valence-electron chi connectivity index (χ4n) is 5.97. The normalized spacial score (nSPS) is 17.2. The topological polar surface area (TPSA) is 80.0 Å². The van der Waals surface area contributed by atoms with Crippen molar-refractivity contribution in [3.63, 3.8) is 0 Å². The van der Waals surface area contributed by atoms with Crippen molar-refractivity contribution in [2.75, 3.05) is 57.8 Å². The van der Waals surface area contributed by atoms with Gasteiger partial charge in [-0.25, -0.2) is 9.97 Å². The highest BCUT2D eigenvalue weighted by Crippen LogP contribution is 2.32. The summed E-state index contributed by atoms with van der Waals surface area (Å²) in [6.45, 7) is 17.9. The highest BCUT2D eigenvalue weighted by Gasteiger charge is 2.20. The molecule has 8 heteroatoms. The number of H-pyrrole nitrogens is 2. The summed E-state index contributed by atoms with van der Waals surface area (Å²) in [5.74, 6) is 0.735. The van der Waals surface area contributed by atoms with Gasteiger partial charge in [0.05, 0.1) is 11.2 Å². The van der Waals surface area contributed by atoms with E-state index < -0.39 is 0 Å². The maximum atomic E-state index is 4.87. The second kappa shape index (κ2) is 13.9. The molecule has 8 nitrogen and oxygen atoms in total. The largest absolute Gasteiger partial charge is 0.367 e. The Balaban J connectivity index is 0.00000173. The number of nitrogens with zero attached hydrogens (tertiary/aromatic N) is 6. The first-order chi connectivity index (χ1) is 20.6. The van der Waals surface area contributed by atoms with Gasteiger partial charge in [-0.15, -0.1) is 0 Å². The lowest BCUT2D eigenvalue weighted by Crippen LogP contribution is -2.44. The van der Waals surface area contributed by atoms with Crippen LogP contribution in [0.2, 0.25) is 0 Å². The third-order valence-electron chi connectivity index (χ3n) is 8.39. The molecule has 1 aromatic carbocycles. The third-order valence-corrected chi connectivity index (χ3v) is 8.39. The molecule has 2 N–H and O–H groups in total. The van der Waals surface area contributed by atoms with Gasteiger partial charge in [0.25, 0.3) is 0 Å². The van der Waals surface area contributed by atoms with Gasteiger partial charge in [0.2, 0.25) is 0 Å². The molecule has 0 amide bonds. The average Bonchev–Trinajstić information content (AvgIpc) is 3.80. The number of hydrogen-bond acceptors (Lipinski definition) is 6. The number of benzene rings is 1. The van der Waals surface area contributed by atoms with E-state index in [2.05, 4.69) is 91.8 Å². The highest BCUT2D eigenvalue weighted by atomic mass is 15.3. The van der Waals surface area contributed by atoms with Crippen LogP contribution in [-0.2, 0) is 0 Å². The number of nitrogens with one attached hydrogen (secondary N) is 2. The molecule has 4 aromatic rings. The minimum atomic E-state index is 0.723. The molecule has 0 unspecified atom stereocenters. The molecule has 0 atom stereocenters. The van der Waals surface area contributed by atoms with Gasteiger partial charge in [0.1, 0.15) is 11.2 Å². The second-order valence-electron chi connectivity index (χ2n) is 11.1. The van der Waals surface area contributed by atoms with E-state index in [4.69, 9.17) is 4.98 Å². The van der Waals surface area contributed by atoms with E-state index in [9.17, 15) is 0 Å². The molecule has 2 fully saturated rings. The molecule has 0 bridgehead atoms. The van der Waals surface area contributed by atoms with E-state index in [0.717, 1.165) is 83.9 Å². The molecule has 0 spiro atoms. The molecular weight excluding hydrogens is 520 g/mol. The van der Waals surface area contributed by atoms with Gasteiger partial charge in [-0.05, 0) is 94.2 Å². The van der Waals surface area contributed by atoms with Crippen LogP contribution in [0.5, 0.6) is 0 Å². The van der Waals surface area contributed by atoms with E-state index in [0.29, 0.717) is 0 Å². The summed E-state index contributed by atoms with van der Waals surface area (Å²) in [5.41, 5.74) is 8.27. The Bertz CT molecular complexity index is 1540. The van der Waals surface area contributed by atoms with Crippen molar-refractivity contribution < 1.29 is 0 Å². The van der Waals surface area contributed by atoms with E-state index >= 15 is 0 Å². The van der Waals surface area contributed by atoms with Crippen molar-refractivity contribution in [3.05, 3.63) is 66.4 Å². The fourth-order valence-corrected chi connectivity index (χ4v) is 5.97. The number of fused-ring (bicyclic) bond motifs is 2. The Kier molecular flexibility index (Phi) is 9.87. The molecule has 0 radical (unpaired) electrons. The molecule has 2 aliphatic heterocycles. The summed E-state index contributed by atoms with van der Waals surface area (Å²) in [4.78, 5) is 20.4. The number of piperazine rings is 1. The minimum absolute atomic E-state index is 0.723. The molecule has 42 heavy (non-hydrogen) atoms. The number of aromatic amines is 2. The second-order valence-corrected chi connectivity index (χ2v) is 11.1. The molecule has 0 saturated carbocycles. The van der Waals surface area contributed by atoms with Crippen molar-refractivity contribution in [2.24, 2.45) is 0 Å². The van der Waals surface area contributed by atoms with Gasteiger partial charge in [-0.2, -0.15) is 5.10 Å². The van der Waals surface area contributed by atoms with Crippen LogP contribution in [0, 0.1) is 0 Å². The van der Waals surface area contributed by atoms with E-state index in [-0.39, 0.29) is 0 Å². The van der Waals surface area contributed by atoms with E-state index in [1.54, 1.807) is 0 Å². The first-order valence-electron chi connectivity index (χ1n) is 15.6. The summed E-state index contributed by atoms with van der Waals surface area (Å²) in [5, 5.41) is 8.92. The predicted molar refractivity (Wildman–Crippen MR) is 177 cm³/mol. The number of allylic oxidation sites excluding steroid dienone is 5. The SMILES string of the molecule is C=C/C(=C\C(=C/C)c1ccc2[nH]nc(-c3nc4nccc(N5CCN(C)CC5)c4[nH]3)c2c1)CCCN1CCCC1.CC. The Morgan fingerprint density at radius 2 is 1.83 bits per heavy atom. The lowest BCUT2D eigenvalue weighted by molar-refractivity contribution is 0.313. The van der Waals surface area contributed by atoms with Crippen molar-refractivity contribution in [1.29, 1.82) is 0 Å². The van der Waals surface area contributed by atoms with Gasteiger partial charge in [-0.1, -0.05) is 44.7 Å². The van der Waals surface area contributed by atoms with Gasteiger partial charge < -0.3 is 19.7 Å². The number of likely N-dealkylation sites (tertiary alicyclic amines) is 1. The summed E-state index contributed by atoms with van der Waals surface area (Å²) in [6, 6.07) is 8.57. The van der Waals surface area contributed by atoms with Gasteiger partial charge in [-0.3, -0.25) is 5.10 Å². The lowest BCUT2D eigenvalue weighted by atomic mass is 9.98. The van der Waals surface area contributed by atoms with E-state index in [1.165, 1.54) is 43.6 Å². The summed E-state index contributed by atoms with van der Waals surface area (Å²) in [7, 11) is 2.17. The predicted octanol–water partition coefficient (Wildman–Crippen LogP) is 6.67. The zero-order valence-electron chi connectivity index (χ0n) is 25.8. The maximum Gasteiger partial charge on any atom is 0.180 e. The molecule has 222 valence electrons. The molecule has 2 aliphatic rings. The molecule has 2 saturated heterocycles. The van der Waals surface area contributed by atoms with Crippen LogP contribution in [0.4, 0.5) is 5.69 Å². The Morgan fingerprint density at radius 3 is 2.57 bits per heavy atom. The number of hydrogen-bond donors (Lipinski definition) is 2. The molecule has 5 heterocycles. The average molecular weight is 567 g/mol. The Labute approximate surface area is 250 Å². The van der Waals surface area contributed by atoms with Crippen molar-refractivity contribution in [2.45, 2.75) is 46.5 Å². The first-order valence-corrected chi connectivity index (χ1v) is 15.6. The summed E-state index contributed by atoms with van der Waals surface area (Å²) < 4.78 is 0. The van der Waals surface area contributed by atoms with Crippen molar-refractivity contribution in [1.82, 2.24) is 34.9 Å². The monoisotopic (exact) mass is 566 g/mol. The summed E-state index contributed by atoms with van der Waals surface area (Å²) >= 11 is 0. The number of aromatic nitrogens is 5. The smallest absolute Gasteiger partial charge is 0.180 e. The van der Waals surface area contributed by atoms with Crippen LogP contribution in [0.3, 0.4) is 0 Å². The first kappa shape index (κ1) is 29.7. The van der Waals surface area contributed by atoms with Gasteiger partial charge >= 0.3 is 0 Å². The van der Waals surface area contributed by atoms with Gasteiger partial charge in [0, 0.05) is 37.8 Å². The van der Waals surface area contributed by atoms with E-state index in [1.807, 2.05) is 26.1 Å². The number of likely N-dealkylation sites (N-methyl/N-ethyl adjacent to an activating group) is 1. The number of pyridine rings is 1. The third kappa shape index (κ3) is 6.50. The molecule has 3 aromatic heterocycles. The van der Waals surface area contributed by atoms with Crippen LogP contribution >= 0.6 is 0 Å². The van der Waals surface area contributed by atoms with Crippen LogP contribution in [0.25, 0.3) is 39.2 Å². The quantitative estimate of drug-likeness (QED) is 0.220. The standard InChI is InChI=1S/C32H40N8.C2H6/c1-4-23(9-8-16-39-14-6-7-15-39)21-24(5-2)25-10-11-27-26(22-25)29(37-36-27)32-34-30-28(12-13-33-31(30)35-32)40-19-17-38(3)18-20-40;1-2/h4-5,10-13,21-22H,1,6-9,14-20H2,2-3H3,(H,36,37)(H,33,34,35);1-2H3/b23-21+,24-5+;. The Hall–Kier alpha value is -3.75. The van der Waals surface area contributed by atoms with Crippen LogP contribution in [0.15, 0.2) is 60.8 Å². The van der Waals surface area contributed by atoms with Crippen LogP contribution in [-0.4, -0.2) is 87.8 Å². The lowest BCUT2D eigenvalue weighted by Gasteiger charge is -2.34. The zero-order chi connectivity index (χ0) is 29.5. The number of anilines is 1. The van der Waals surface area contributed by atoms with Crippen LogP contribution in [0.1, 0.15) is 52.0 Å². The minimum Gasteiger partial charge on any atom is -0.367 e. The zero-order valence-corrected chi connectivity index (χ0v) is 25.8. The van der Waals surface area contributed by atoms with Crippen molar-refractivity contribution in [3.8, 4) is 11.5 Å². The maximum absolute atomic E-state index is 4.87.